The highest BCUT2D eigenvalue weighted by Crippen LogP contribution is 2.39. The van der Waals surface area contributed by atoms with E-state index in [9.17, 15) is 14.4 Å². The third-order valence-corrected chi connectivity index (χ3v) is 5.36. The highest BCUT2D eigenvalue weighted by atomic mass is 32.1. The van der Waals surface area contributed by atoms with Crippen molar-refractivity contribution in [1.29, 1.82) is 0 Å². The van der Waals surface area contributed by atoms with Crippen molar-refractivity contribution in [1.82, 2.24) is 0 Å². The lowest BCUT2D eigenvalue weighted by molar-refractivity contribution is -0.119. The molecule has 6 nitrogen and oxygen atoms in total. The molecule has 1 aliphatic rings. The Bertz CT molecular complexity index is 871. The van der Waals surface area contributed by atoms with Gasteiger partial charge in [0.15, 0.2) is 6.61 Å². The van der Waals surface area contributed by atoms with Crippen LogP contribution in [0.5, 0.6) is 0 Å². The molecule has 0 aliphatic heterocycles. The summed E-state index contributed by atoms with van der Waals surface area (Å²) in [5, 5.41) is 3.13. The molecule has 0 radical (unpaired) electrons. The molecule has 26 heavy (non-hydrogen) atoms. The zero-order chi connectivity index (χ0) is 18.7. The lowest BCUT2D eigenvalue weighted by atomic mass is 10.1. The van der Waals surface area contributed by atoms with E-state index in [2.05, 4.69) is 5.32 Å². The fraction of sp³-hybridized carbons (Fsp3) is 0.316. The lowest BCUT2D eigenvalue weighted by Crippen LogP contribution is -2.21. The Morgan fingerprint density at radius 2 is 2.00 bits per heavy atom. The van der Waals surface area contributed by atoms with Crippen molar-refractivity contribution in [2.24, 2.45) is 0 Å². The summed E-state index contributed by atoms with van der Waals surface area (Å²) in [6, 6.07) is 6.95. The van der Waals surface area contributed by atoms with Gasteiger partial charge in [0.05, 0.1) is 18.2 Å². The van der Waals surface area contributed by atoms with E-state index in [0.29, 0.717) is 16.1 Å². The normalized spacial score (nSPS) is 12.4. The van der Waals surface area contributed by atoms with E-state index in [1.165, 1.54) is 18.4 Å². The smallest absolute Gasteiger partial charge is 0.341 e. The van der Waals surface area contributed by atoms with Crippen LogP contribution in [0.15, 0.2) is 24.3 Å². The van der Waals surface area contributed by atoms with Crippen LogP contribution in [0, 0.1) is 6.92 Å². The van der Waals surface area contributed by atoms with Gasteiger partial charge in [0.2, 0.25) is 0 Å². The van der Waals surface area contributed by atoms with Crippen LogP contribution in [0.1, 0.15) is 43.1 Å². The summed E-state index contributed by atoms with van der Waals surface area (Å²) < 4.78 is 9.90. The van der Waals surface area contributed by atoms with Crippen molar-refractivity contribution in [2.75, 3.05) is 19.0 Å². The molecule has 1 amide bonds. The molecule has 1 aliphatic carbocycles. The zero-order valence-electron chi connectivity index (χ0n) is 14.6. The maximum absolute atomic E-state index is 12.2. The van der Waals surface area contributed by atoms with Crippen LogP contribution in [-0.2, 0) is 27.1 Å². The number of hydrogen-bond donors (Lipinski definition) is 1. The van der Waals surface area contributed by atoms with Gasteiger partial charge in [-0.25, -0.2) is 9.59 Å². The molecule has 0 saturated carbocycles. The fourth-order valence-corrected chi connectivity index (χ4v) is 4.25. The molecule has 0 spiro atoms. The predicted octanol–water partition coefficient (Wildman–Crippen LogP) is 3.13. The minimum Gasteiger partial charge on any atom is -0.465 e. The van der Waals surface area contributed by atoms with Crippen molar-refractivity contribution >= 4 is 34.2 Å². The third-order valence-electron chi connectivity index (χ3n) is 4.15. The average Bonchev–Trinajstić information content (AvgIpc) is 3.19. The van der Waals surface area contributed by atoms with Gasteiger partial charge in [0.25, 0.3) is 5.91 Å². The highest BCUT2D eigenvalue weighted by Gasteiger charge is 2.28. The zero-order valence-corrected chi connectivity index (χ0v) is 15.4. The molecule has 0 unspecified atom stereocenters. The Morgan fingerprint density at radius 1 is 1.19 bits per heavy atom. The first-order valence-electron chi connectivity index (χ1n) is 8.26. The Hall–Kier alpha value is -2.67. The van der Waals surface area contributed by atoms with Gasteiger partial charge in [0, 0.05) is 4.88 Å². The van der Waals surface area contributed by atoms with Gasteiger partial charge in [-0.05, 0) is 43.9 Å². The number of carbonyl (C=O) groups is 3. The first-order valence-corrected chi connectivity index (χ1v) is 9.07. The van der Waals surface area contributed by atoms with E-state index in [1.807, 2.05) is 13.0 Å². The van der Waals surface area contributed by atoms with Crippen LogP contribution in [0.4, 0.5) is 5.00 Å². The molecular weight excluding hydrogens is 354 g/mol. The van der Waals surface area contributed by atoms with Gasteiger partial charge in [0.1, 0.15) is 5.00 Å². The quantitative estimate of drug-likeness (QED) is 0.815. The highest BCUT2D eigenvalue weighted by molar-refractivity contribution is 7.17. The Kier molecular flexibility index (Phi) is 5.37. The van der Waals surface area contributed by atoms with Gasteiger partial charge in [-0.1, -0.05) is 17.7 Å². The van der Waals surface area contributed by atoms with Crippen molar-refractivity contribution in [3.05, 3.63) is 51.4 Å². The second-order valence-corrected chi connectivity index (χ2v) is 7.15. The van der Waals surface area contributed by atoms with E-state index < -0.39 is 24.5 Å². The number of benzene rings is 1. The van der Waals surface area contributed by atoms with E-state index in [-0.39, 0.29) is 0 Å². The van der Waals surface area contributed by atoms with E-state index in [1.54, 1.807) is 18.2 Å². The number of aryl methyl sites for hydroxylation is 2. The topological polar surface area (TPSA) is 81.7 Å². The standard InChI is InChI=1S/C19H19NO5S/c1-11-5-3-6-12(9-11)18(22)25-10-15(21)20-17-16(19(23)24-2)13-7-4-8-14(13)26-17/h3,5-6,9H,4,7-8,10H2,1-2H3,(H,20,21). The van der Waals surface area contributed by atoms with Crippen molar-refractivity contribution in [2.45, 2.75) is 26.2 Å². The first kappa shape index (κ1) is 18.1. The van der Waals surface area contributed by atoms with Crippen molar-refractivity contribution < 1.29 is 23.9 Å². The molecule has 1 aromatic carbocycles. The van der Waals surface area contributed by atoms with Crippen LogP contribution < -0.4 is 5.32 Å². The van der Waals surface area contributed by atoms with Gasteiger partial charge >= 0.3 is 11.9 Å². The van der Waals surface area contributed by atoms with Crippen molar-refractivity contribution in [3.8, 4) is 0 Å². The Labute approximate surface area is 155 Å². The number of methoxy groups -OCH3 is 1. The molecule has 2 aromatic rings. The summed E-state index contributed by atoms with van der Waals surface area (Å²) in [5.74, 6) is -1.52. The number of amides is 1. The maximum Gasteiger partial charge on any atom is 0.341 e. The van der Waals surface area contributed by atoms with Gasteiger partial charge in [-0.15, -0.1) is 11.3 Å². The summed E-state index contributed by atoms with van der Waals surface area (Å²) in [4.78, 5) is 37.3. The molecule has 7 heteroatoms. The number of thiophene rings is 1. The molecule has 1 heterocycles. The minimum atomic E-state index is -0.564. The molecule has 1 N–H and O–H groups in total. The van der Waals surface area contributed by atoms with Crippen LogP contribution in [0.2, 0.25) is 0 Å². The second kappa shape index (κ2) is 7.70. The van der Waals surface area contributed by atoms with Crippen LogP contribution in [-0.4, -0.2) is 31.6 Å². The molecule has 0 saturated heterocycles. The summed E-state index contributed by atoms with van der Waals surface area (Å²) in [6.07, 6.45) is 2.68. The number of ether oxygens (including phenoxy) is 2. The second-order valence-electron chi connectivity index (χ2n) is 6.05. The Balaban J connectivity index is 1.65. The number of nitrogens with one attached hydrogen (secondary N) is 1. The lowest BCUT2D eigenvalue weighted by Gasteiger charge is -2.08. The monoisotopic (exact) mass is 373 g/mol. The predicted molar refractivity (Wildman–Crippen MR) is 97.8 cm³/mol. The fourth-order valence-electron chi connectivity index (χ4n) is 2.96. The van der Waals surface area contributed by atoms with E-state index >= 15 is 0 Å². The molecule has 3 rings (SSSR count). The number of rotatable bonds is 5. The van der Waals surface area contributed by atoms with Crippen LogP contribution >= 0.6 is 11.3 Å². The third kappa shape index (κ3) is 3.77. The molecule has 136 valence electrons. The number of esters is 2. The number of carbonyl (C=O) groups excluding carboxylic acids is 3. The SMILES string of the molecule is COC(=O)c1c(NC(=O)COC(=O)c2cccc(C)c2)sc2c1CCC2. The molecule has 0 bridgehead atoms. The van der Waals surface area contributed by atoms with Crippen LogP contribution in [0.3, 0.4) is 0 Å². The van der Waals surface area contributed by atoms with Gasteiger partial charge in [-0.3, -0.25) is 4.79 Å². The minimum absolute atomic E-state index is 0.392. The summed E-state index contributed by atoms with van der Waals surface area (Å²) in [7, 11) is 1.32. The summed E-state index contributed by atoms with van der Waals surface area (Å²) >= 11 is 1.38. The maximum atomic E-state index is 12.2. The summed E-state index contributed by atoms with van der Waals surface area (Å²) in [5.41, 5.74) is 2.69. The Morgan fingerprint density at radius 3 is 2.73 bits per heavy atom. The van der Waals surface area contributed by atoms with Crippen LogP contribution in [0.25, 0.3) is 0 Å². The average molecular weight is 373 g/mol. The van der Waals surface area contributed by atoms with Gasteiger partial charge in [-0.2, -0.15) is 0 Å². The van der Waals surface area contributed by atoms with Gasteiger partial charge < -0.3 is 14.8 Å². The number of anilines is 1. The number of fused-ring (bicyclic) bond motifs is 1. The molecule has 1 aromatic heterocycles. The largest absolute Gasteiger partial charge is 0.465 e. The first-order chi connectivity index (χ1) is 12.5. The summed E-state index contributed by atoms with van der Waals surface area (Å²) in [6.45, 7) is 1.45. The molecule has 0 fully saturated rings. The molecule has 0 atom stereocenters. The number of hydrogen-bond acceptors (Lipinski definition) is 6. The van der Waals surface area contributed by atoms with Crippen molar-refractivity contribution in [3.63, 3.8) is 0 Å². The molecular formula is C19H19NO5S. The van der Waals surface area contributed by atoms with E-state index in [4.69, 9.17) is 9.47 Å². The van der Waals surface area contributed by atoms with E-state index in [0.717, 1.165) is 35.3 Å².